The van der Waals surface area contributed by atoms with Crippen LogP contribution in [-0.2, 0) is 16.6 Å². The van der Waals surface area contributed by atoms with Crippen LogP contribution in [0.1, 0.15) is 25.0 Å². The summed E-state index contributed by atoms with van der Waals surface area (Å²) in [4.78, 5) is 4.62. The molecular weight excluding hydrogens is 503 g/mol. The molecule has 0 aromatic heterocycles. The first-order valence-electron chi connectivity index (χ1n) is 9.15. The van der Waals surface area contributed by atoms with Crippen LogP contribution in [0.5, 0.6) is 5.75 Å². The van der Waals surface area contributed by atoms with E-state index in [1.165, 1.54) is 12.1 Å². The largest absolute Gasteiger partial charge is 0.489 e. The van der Waals surface area contributed by atoms with Crippen LogP contribution in [0, 0.1) is 6.92 Å². The fourth-order valence-corrected chi connectivity index (χ4v) is 3.00. The van der Waals surface area contributed by atoms with Crippen molar-refractivity contribution in [1.82, 2.24) is 10.6 Å². The molecule has 0 radical (unpaired) electrons. The maximum atomic E-state index is 11.3. The van der Waals surface area contributed by atoms with Gasteiger partial charge in [-0.2, -0.15) is 0 Å². The van der Waals surface area contributed by atoms with Crippen LogP contribution in [0.2, 0.25) is 0 Å². The van der Waals surface area contributed by atoms with E-state index in [-0.39, 0.29) is 35.0 Å². The zero-order chi connectivity index (χ0) is 20.6. The van der Waals surface area contributed by atoms with Gasteiger partial charge in [-0.3, -0.25) is 0 Å². The van der Waals surface area contributed by atoms with Gasteiger partial charge in [0.25, 0.3) is 0 Å². The van der Waals surface area contributed by atoms with E-state index in [2.05, 4.69) is 15.6 Å². The molecule has 0 amide bonds. The molecule has 2 rings (SSSR count). The Morgan fingerprint density at radius 3 is 2.38 bits per heavy atom. The highest BCUT2D eigenvalue weighted by atomic mass is 127. The first kappa shape index (κ1) is 25.2. The topological polar surface area (TPSA) is 106 Å². The number of sulfonamides is 1. The molecule has 29 heavy (non-hydrogen) atoms. The molecule has 0 bridgehead atoms. The van der Waals surface area contributed by atoms with Gasteiger partial charge in [-0.05, 0) is 50.1 Å². The van der Waals surface area contributed by atoms with E-state index in [0.717, 1.165) is 23.4 Å². The molecule has 0 heterocycles. The van der Waals surface area contributed by atoms with Crippen LogP contribution in [0.15, 0.2) is 58.4 Å². The summed E-state index contributed by atoms with van der Waals surface area (Å²) in [5.74, 6) is 1.53. The number of halogens is 1. The Kier molecular flexibility index (Phi) is 10.4. The van der Waals surface area contributed by atoms with E-state index >= 15 is 0 Å². The summed E-state index contributed by atoms with van der Waals surface area (Å²) in [5.41, 5.74) is 1.98. The molecule has 0 spiro atoms. The molecule has 2 aromatic rings. The van der Waals surface area contributed by atoms with E-state index in [0.29, 0.717) is 19.0 Å². The second kappa shape index (κ2) is 12.0. The molecule has 0 saturated carbocycles. The molecule has 0 aliphatic heterocycles. The van der Waals surface area contributed by atoms with Gasteiger partial charge in [0.15, 0.2) is 5.96 Å². The van der Waals surface area contributed by atoms with Crippen molar-refractivity contribution < 1.29 is 13.2 Å². The smallest absolute Gasteiger partial charge is 0.238 e. The Hall–Kier alpha value is -1.85. The first-order chi connectivity index (χ1) is 13.3. The molecule has 0 aliphatic rings. The zero-order valence-electron chi connectivity index (χ0n) is 16.9. The molecular formula is C20H29IN4O3S. The van der Waals surface area contributed by atoms with Crippen LogP contribution >= 0.6 is 24.0 Å². The summed E-state index contributed by atoms with van der Waals surface area (Å²) in [6.45, 7) is 7.73. The number of nitrogens with two attached hydrogens (primary N) is 1. The predicted molar refractivity (Wildman–Crippen MR) is 127 cm³/mol. The van der Waals surface area contributed by atoms with Crippen molar-refractivity contribution in [2.24, 2.45) is 10.1 Å². The fraction of sp³-hybridized carbons (Fsp3) is 0.350. The monoisotopic (exact) mass is 532 g/mol. The van der Waals surface area contributed by atoms with Crippen LogP contribution in [0.3, 0.4) is 0 Å². The standard InChI is InChI=1S/C20H28N4O3S.HI/c1-4-22-20(23-13-16(3)27-19-8-6-5-7-15(19)2)24-14-17-9-11-18(12-10-17)28(21,25)26;/h5-12,16H,4,13-14H2,1-3H3,(H2,21,25,26)(H2,22,23,24);1H. The number of nitrogens with one attached hydrogen (secondary N) is 2. The molecule has 0 saturated heterocycles. The Labute approximate surface area is 190 Å². The van der Waals surface area contributed by atoms with Crippen molar-refractivity contribution in [3.8, 4) is 5.75 Å². The summed E-state index contributed by atoms with van der Waals surface area (Å²) in [6.07, 6.45) is -0.0426. The van der Waals surface area contributed by atoms with Crippen LogP contribution in [-0.4, -0.2) is 33.6 Å². The predicted octanol–water partition coefficient (Wildman–Crippen LogP) is 2.78. The minimum Gasteiger partial charge on any atom is -0.489 e. The number of primary sulfonamides is 1. The normalized spacial score (nSPS) is 12.6. The van der Waals surface area contributed by atoms with Crippen molar-refractivity contribution in [3.05, 3.63) is 59.7 Å². The summed E-state index contributed by atoms with van der Waals surface area (Å²) in [7, 11) is -3.68. The lowest BCUT2D eigenvalue weighted by atomic mass is 10.2. The molecule has 1 atom stereocenters. The maximum absolute atomic E-state index is 11.3. The molecule has 1 unspecified atom stereocenters. The SMILES string of the molecule is CCNC(=NCc1ccc(S(N)(=O)=O)cc1)NCC(C)Oc1ccccc1C.I. The second-order valence-electron chi connectivity index (χ2n) is 6.46. The van der Waals surface area contributed by atoms with Gasteiger partial charge in [-0.25, -0.2) is 18.5 Å². The number of guanidine groups is 1. The van der Waals surface area contributed by atoms with Crippen LogP contribution in [0.4, 0.5) is 0 Å². The van der Waals surface area contributed by atoms with Crippen LogP contribution < -0.4 is 20.5 Å². The van der Waals surface area contributed by atoms with E-state index in [4.69, 9.17) is 9.88 Å². The molecule has 0 aliphatic carbocycles. The zero-order valence-corrected chi connectivity index (χ0v) is 20.0. The highest BCUT2D eigenvalue weighted by molar-refractivity contribution is 14.0. The van der Waals surface area contributed by atoms with Gasteiger partial charge < -0.3 is 15.4 Å². The Bertz CT molecular complexity index is 902. The van der Waals surface area contributed by atoms with Gasteiger partial charge in [0.1, 0.15) is 11.9 Å². The molecule has 7 nitrogen and oxygen atoms in total. The lowest BCUT2D eigenvalue weighted by Crippen LogP contribution is -2.41. The average Bonchev–Trinajstić information content (AvgIpc) is 2.65. The molecule has 4 N–H and O–H groups in total. The summed E-state index contributed by atoms with van der Waals surface area (Å²) in [5, 5.41) is 11.6. The second-order valence-corrected chi connectivity index (χ2v) is 8.02. The van der Waals surface area contributed by atoms with Crippen molar-refractivity contribution in [1.29, 1.82) is 0 Å². The highest BCUT2D eigenvalue weighted by Gasteiger charge is 2.08. The Balaban J connectivity index is 0.00000420. The minimum absolute atomic E-state index is 0. The van der Waals surface area contributed by atoms with Crippen molar-refractivity contribution in [3.63, 3.8) is 0 Å². The van der Waals surface area contributed by atoms with E-state index in [1.54, 1.807) is 12.1 Å². The summed E-state index contributed by atoms with van der Waals surface area (Å²) < 4.78 is 28.6. The highest BCUT2D eigenvalue weighted by Crippen LogP contribution is 2.17. The molecule has 0 fully saturated rings. The number of rotatable bonds is 8. The maximum Gasteiger partial charge on any atom is 0.238 e. The number of ether oxygens (including phenoxy) is 1. The number of nitrogens with zero attached hydrogens (tertiary/aromatic N) is 1. The first-order valence-corrected chi connectivity index (χ1v) is 10.7. The number of para-hydroxylation sites is 1. The molecule has 9 heteroatoms. The van der Waals surface area contributed by atoms with Crippen LogP contribution in [0.25, 0.3) is 0 Å². The number of aliphatic imine (C=N–C) groups is 1. The average molecular weight is 532 g/mol. The number of hydrogen-bond acceptors (Lipinski definition) is 4. The number of benzene rings is 2. The minimum atomic E-state index is -3.68. The van der Waals surface area contributed by atoms with Crippen molar-refractivity contribution in [2.45, 2.75) is 38.3 Å². The van der Waals surface area contributed by atoms with Gasteiger partial charge in [0.2, 0.25) is 10.0 Å². The van der Waals surface area contributed by atoms with Crippen molar-refractivity contribution >= 4 is 40.0 Å². The summed E-state index contributed by atoms with van der Waals surface area (Å²) >= 11 is 0. The third-order valence-corrected chi connectivity index (χ3v) is 4.92. The lowest BCUT2D eigenvalue weighted by molar-refractivity contribution is 0.222. The number of hydrogen-bond donors (Lipinski definition) is 3. The van der Waals surface area contributed by atoms with E-state index < -0.39 is 10.0 Å². The third-order valence-electron chi connectivity index (χ3n) is 3.99. The van der Waals surface area contributed by atoms with Gasteiger partial charge >= 0.3 is 0 Å². The van der Waals surface area contributed by atoms with E-state index in [1.807, 2.05) is 45.0 Å². The van der Waals surface area contributed by atoms with Crippen molar-refractivity contribution in [2.75, 3.05) is 13.1 Å². The van der Waals surface area contributed by atoms with Gasteiger partial charge in [0.05, 0.1) is 18.0 Å². The Morgan fingerprint density at radius 2 is 1.79 bits per heavy atom. The summed E-state index contributed by atoms with van der Waals surface area (Å²) in [6, 6.07) is 14.3. The van der Waals surface area contributed by atoms with Gasteiger partial charge in [-0.1, -0.05) is 30.3 Å². The van der Waals surface area contributed by atoms with Gasteiger partial charge in [-0.15, -0.1) is 24.0 Å². The third kappa shape index (κ3) is 8.58. The quantitative estimate of drug-likeness (QED) is 0.276. The molecule has 2 aromatic carbocycles. The molecule has 160 valence electrons. The van der Waals surface area contributed by atoms with Gasteiger partial charge in [0, 0.05) is 6.54 Å². The van der Waals surface area contributed by atoms with E-state index in [9.17, 15) is 8.42 Å². The fourth-order valence-electron chi connectivity index (χ4n) is 2.48. The Morgan fingerprint density at radius 1 is 1.14 bits per heavy atom. The number of aryl methyl sites for hydroxylation is 1. The lowest BCUT2D eigenvalue weighted by Gasteiger charge is -2.18.